The summed E-state index contributed by atoms with van der Waals surface area (Å²) in [6.45, 7) is 2.42. The normalized spacial score (nSPS) is 10.1. The average Bonchev–Trinajstić information content (AvgIpc) is 2.74. The van der Waals surface area contributed by atoms with Gasteiger partial charge in [0.2, 0.25) is 0 Å². The van der Waals surface area contributed by atoms with Gasteiger partial charge >= 0.3 is 0 Å². The van der Waals surface area contributed by atoms with E-state index in [1.54, 1.807) is 0 Å². The second kappa shape index (κ2) is 11.0. The maximum atomic E-state index is 13.0. The lowest BCUT2D eigenvalue weighted by atomic mass is 10.1. The second-order valence-corrected chi connectivity index (χ2v) is 7.49. The third-order valence-corrected chi connectivity index (χ3v) is 5.07. The molecule has 0 aliphatic carbocycles. The van der Waals surface area contributed by atoms with Gasteiger partial charge in [0.1, 0.15) is 0 Å². The van der Waals surface area contributed by atoms with Crippen molar-refractivity contribution in [2.24, 2.45) is 0 Å². The highest BCUT2D eigenvalue weighted by Crippen LogP contribution is 2.25. The van der Waals surface area contributed by atoms with E-state index in [9.17, 15) is 4.79 Å². The lowest BCUT2D eigenvalue weighted by molar-refractivity contribution is 0.102. The third kappa shape index (κ3) is 5.82. The van der Waals surface area contributed by atoms with Gasteiger partial charge in [-0.15, -0.1) is 24.8 Å². The number of pyridine rings is 1. The van der Waals surface area contributed by atoms with Crippen LogP contribution in [0.3, 0.4) is 0 Å². The van der Waals surface area contributed by atoms with Crippen LogP contribution < -0.4 is 16.4 Å². The lowest BCUT2D eigenvalue weighted by Crippen LogP contribution is -2.15. The topological polar surface area (TPSA) is 80.0 Å². The van der Waals surface area contributed by atoms with E-state index in [1.165, 1.54) is 0 Å². The molecule has 1 heterocycles. The van der Waals surface area contributed by atoms with Crippen LogP contribution in [-0.2, 0) is 6.54 Å². The maximum Gasteiger partial charge on any atom is 0.256 e. The van der Waals surface area contributed by atoms with E-state index >= 15 is 0 Å². The number of nitrogens with one attached hydrogen (secondary N) is 2. The predicted molar refractivity (Wildman–Crippen MR) is 139 cm³/mol. The standard InChI is InChI=1S/C24H21ClN4O.2ClH/c1-15-12-22(26)21-13-19(10-11-23(21)28-15)29-24(30)20-5-3-2-4-16(20)14-27-18-8-6-17(25)7-9-18;;/h2-13,27H,14H2,1H3,(H2,26,28)(H,29,30);2*1H. The molecule has 0 atom stereocenters. The number of aryl methyl sites for hydroxylation is 1. The Labute approximate surface area is 204 Å². The van der Waals surface area contributed by atoms with Gasteiger partial charge in [0.25, 0.3) is 5.91 Å². The molecule has 166 valence electrons. The molecule has 0 saturated heterocycles. The fourth-order valence-corrected chi connectivity index (χ4v) is 3.45. The Morgan fingerprint density at radius 1 is 0.969 bits per heavy atom. The molecule has 0 fully saturated rings. The third-order valence-electron chi connectivity index (χ3n) is 4.82. The summed E-state index contributed by atoms with van der Waals surface area (Å²) in [5.41, 5.74) is 11.5. The molecule has 32 heavy (non-hydrogen) atoms. The van der Waals surface area contributed by atoms with Gasteiger partial charge in [-0.25, -0.2) is 0 Å². The highest BCUT2D eigenvalue weighted by atomic mass is 35.5. The minimum atomic E-state index is -0.179. The molecule has 0 saturated carbocycles. The number of halogens is 3. The molecule has 4 rings (SSSR count). The summed E-state index contributed by atoms with van der Waals surface area (Å²) in [7, 11) is 0. The second-order valence-electron chi connectivity index (χ2n) is 7.06. The minimum Gasteiger partial charge on any atom is -0.398 e. The Bertz CT molecular complexity index is 1230. The first-order valence-corrected chi connectivity index (χ1v) is 9.93. The summed E-state index contributed by atoms with van der Waals surface area (Å²) in [4.78, 5) is 17.4. The molecule has 1 amide bonds. The molecule has 0 radical (unpaired) electrons. The number of carbonyl (C=O) groups is 1. The minimum absolute atomic E-state index is 0. The van der Waals surface area contributed by atoms with Crippen molar-refractivity contribution < 1.29 is 4.79 Å². The number of nitrogens with zero attached hydrogens (tertiary/aromatic N) is 1. The number of aromatic nitrogens is 1. The highest BCUT2D eigenvalue weighted by molar-refractivity contribution is 6.30. The highest BCUT2D eigenvalue weighted by Gasteiger charge is 2.12. The van der Waals surface area contributed by atoms with Crippen molar-refractivity contribution >= 4 is 70.3 Å². The zero-order valence-electron chi connectivity index (χ0n) is 17.3. The summed E-state index contributed by atoms with van der Waals surface area (Å²) in [5, 5.41) is 7.79. The number of amides is 1. The number of nitrogen functional groups attached to an aromatic ring is 1. The number of carbonyl (C=O) groups excluding carboxylic acids is 1. The molecule has 1 aromatic heterocycles. The van der Waals surface area contributed by atoms with Crippen LogP contribution in [0.4, 0.5) is 17.1 Å². The van der Waals surface area contributed by atoms with Crippen LogP contribution in [0, 0.1) is 6.92 Å². The van der Waals surface area contributed by atoms with Gasteiger partial charge in [-0.2, -0.15) is 0 Å². The van der Waals surface area contributed by atoms with Crippen molar-refractivity contribution in [3.8, 4) is 0 Å². The van der Waals surface area contributed by atoms with Gasteiger partial charge in [-0.1, -0.05) is 29.8 Å². The van der Waals surface area contributed by atoms with Crippen molar-refractivity contribution in [1.29, 1.82) is 0 Å². The Balaban J connectivity index is 0.00000181. The fraction of sp³-hybridized carbons (Fsp3) is 0.0833. The predicted octanol–water partition coefficient (Wildman–Crippen LogP) is 6.49. The number of nitrogens with two attached hydrogens (primary N) is 1. The number of hydrogen-bond donors (Lipinski definition) is 3. The zero-order valence-corrected chi connectivity index (χ0v) is 19.7. The van der Waals surface area contributed by atoms with Crippen LogP contribution in [0.2, 0.25) is 5.02 Å². The Hall–Kier alpha value is -2.99. The van der Waals surface area contributed by atoms with Crippen molar-refractivity contribution in [2.75, 3.05) is 16.4 Å². The Kier molecular flexibility index (Phi) is 8.72. The van der Waals surface area contributed by atoms with Crippen molar-refractivity contribution in [3.05, 3.63) is 94.6 Å². The molecule has 0 unspecified atom stereocenters. The van der Waals surface area contributed by atoms with Gasteiger partial charge in [0, 0.05) is 45.3 Å². The first-order chi connectivity index (χ1) is 14.5. The monoisotopic (exact) mass is 488 g/mol. The number of rotatable bonds is 5. The van der Waals surface area contributed by atoms with Crippen LogP contribution >= 0.6 is 36.4 Å². The molecule has 8 heteroatoms. The quantitative estimate of drug-likeness (QED) is 0.299. The molecule has 0 spiro atoms. The van der Waals surface area contributed by atoms with Crippen LogP contribution in [-0.4, -0.2) is 10.9 Å². The number of anilines is 3. The molecular weight excluding hydrogens is 467 g/mol. The van der Waals surface area contributed by atoms with Gasteiger partial charge in [0.05, 0.1) is 5.52 Å². The number of hydrogen-bond acceptors (Lipinski definition) is 4. The van der Waals surface area contributed by atoms with E-state index in [0.29, 0.717) is 28.5 Å². The molecule has 4 N–H and O–H groups in total. The van der Waals surface area contributed by atoms with Crippen LogP contribution in [0.25, 0.3) is 10.9 Å². The molecule has 0 bridgehead atoms. The smallest absolute Gasteiger partial charge is 0.256 e. The van der Waals surface area contributed by atoms with Crippen LogP contribution in [0.15, 0.2) is 72.8 Å². The Morgan fingerprint density at radius 2 is 1.66 bits per heavy atom. The van der Waals surface area contributed by atoms with Crippen LogP contribution in [0.1, 0.15) is 21.6 Å². The summed E-state index contributed by atoms with van der Waals surface area (Å²) in [6.07, 6.45) is 0. The molecular formula is C24H23Cl3N4O. The first-order valence-electron chi connectivity index (χ1n) is 9.55. The molecule has 4 aromatic rings. The Morgan fingerprint density at radius 3 is 2.41 bits per heavy atom. The van der Waals surface area contributed by atoms with Gasteiger partial charge in [-0.3, -0.25) is 9.78 Å². The molecule has 0 aliphatic rings. The SMILES string of the molecule is Cc1cc(N)c2cc(NC(=O)c3ccccc3CNc3ccc(Cl)cc3)ccc2n1.Cl.Cl. The maximum absolute atomic E-state index is 13.0. The van der Waals surface area contributed by atoms with E-state index < -0.39 is 0 Å². The molecule has 0 aliphatic heterocycles. The van der Waals surface area contributed by atoms with Gasteiger partial charge < -0.3 is 16.4 Å². The van der Waals surface area contributed by atoms with E-state index in [1.807, 2.05) is 79.7 Å². The molecule has 5 nitrogen and oxygen atoms in total. The lowest BCUT2D eigenvalue weighted by Gasteiger charge is -2.13. The van der Waals surface area contributed by atoms with Crippen molar-refractivity contribution in [2.45, 2.75) is 13.5 Å². The van der Waals surface area contributed by atoms with E-state index in [-0.39, 0.29) is 30.7 Å². The van der Waals surface area contributed by atoms with Crippen molar-refractivity contribution in [3.63, 3.8) is 0 Å². The van der Waals surface area contributed by atoms with E-state index in [0.717, 1.165) is 27.8 Å². The van der Waals surface area contributed by atoms with E-state index in [2.05, 4.69) is 15.6 Å². The summed E-state index contributed by atoms with van der Waals surface area (Å²) in [5.74, 6) is -0.179. The van der Waals surface area contributed by atoms with Gasteiger partial charge in [0.15, 0.2) is 0 Å². The summed E-state index contributed by atoms with van der Waals surface area (Å²) >= 11 is 5.93. The summed E-state index contributed by atoms with van der Waals surface area (Å²) < 4.78 is 0. The fourth-order valence-electron chi connectivity index (χ4n) is 3.33. The first kappa shape index (κ1) is 25.3. The van der Waals surface area contributed by atoms with E-state index in [4.69, 9.17) is 17.3 Å². The zero-order chi connectivity index (χ0) is 21.1. The van der Waals surface area contributed by atoms with Crippen molar-refractivity contribution in [1.82, 2.24) is 4.98 Å². The number of benzene rings is 3. The largest absolute Gasteiger partial charge is 0.398 e. The summed E-state index contributed by atoms with van der Waals surface area (Å²) in [6, 6.07) is 22.3. The van der Waals surface area contributed by atoms with Gasteiger partial charge in [-0.05, 0) is 67.1 Å². The number of fused-ring (bicyclic) bond motifs is 1. The molecule has 3 aromatic carbocycles. The van der Waals surface area contributed by atoms with Crippen LogP contribution in [0.5, 0.6) is 0 Å². The average molecular weight is 490 g/mol.